The first-order valence-electron chi connectivity index (χ1n) is 10.0. The summed E-state index contributed by atoms with van der Waals surface area (Å²) in [5.74, 6) is -1.11. The molecule has 1 aromatic heterocycles. The molecule has 2 heterocycles. The molecule has 1 N–H and O–H groups in total. The van der Waals surface area contributed by atoms with Crippen molar-refractivity contribution >= 4 is 29.0 Å². The highest BCUT2D eigenvalue weighted by molar-refractivity contribution is 6.51. The first kappa shape index (κ1) is 21.8. The molecule has 1 aliphatic rings. The number of benzene rings is 2. The van der Waals surface area contributed by atoms with Gasteiger partial charge in [-0.1, -0.05) is 5.16 Å². The van der Waals surface area contributed by atoms with Gasteiger partial charge in [-0.15, -0.1) is 0 Å². The van der Waals surface area contributed by atoms with Gasteiger partial charge in [-0.25, -0.2) is 0 Å². The van der Waals surface area contributed by atoms with Crippen molar-refractivity contribution in [2.24, 2.45) is 0 Å². The van der Waals surface area contributed by atoms with E-state index in [9.17, 15) is 24.8 Å². The van der Waals surface area contributed by atoms with Crippen molar-refractivity contribution < 1.29 is 28.9 Å². The van der Waals surface area contributed by atoms with E-state index in [1.165, 1.54) is 30.3 Å². The molecule has 0 aliphatic carbocycles. The zero-order chi connectivity index (χ0) is 23.7. The third-order valence-corrected chi connectivity index (χ3v) is 5.17. The molecule has 10 heteroatoms. The predicted molar refractivity (Wildman–Crippen MR) is 117 cm³/mol. The normalized spacial score (nSPS) is 17.4. The van der Waals surface area contributed by atoms with E-state index >= 15 is 0 Å². The zero-order valence-electron chi connectivity index (χ0n) is 17.7. The highest BCUT2D eigenvalue weighted by Crippen LogP contribution is 2.42. The molecule has 1 atom stereocenters. The van der Waals surface area contributed by atoms with Crippen molar-refractivity contribution in [2.75, 3.05) is 11.5 Å². The summed E-state index contributed by atoms with van der Waals surface area (Å²) < 4.78 is 10.5. The Morgan fingerprint density at radius 3 is 2.39 bits per heavy atom. The molecular weight excluding hydrogens is 430 g/mol. The molecular formula is C23H19N3O7. The SMILES string of the molecule is CCOc1ccc(C(O)=C2C(=O)C(=O)N(c3cc(C)on3)[C@@H]2c2ccc([N+](=O)[O-])cc2)cc1. The van der Waals surface area contributed by atoms with Gasteiger partial charge in [0.1, 0.15) is 17.3 Å². The number of amides is 1. The van der Waals surface area contributed by atoms with Crippen LogP contribution in [-0.2, 0) is 9.59 Å². The van der Waals surface area contributed by atoms with E-state index in [0.717, 1.165) is 4.90 Å². The summed E-state index contributed by atoms with van der Waals surface area (Å²) in [5.41, 5.74) is 0.366. The van der Waals surface area contributed by atoms with Crippen LogP contribution in [0.2, 0.25) is 0 Å². The molecule has 1 aliphatic heterocycles. The lowest BCUT2D eigenvalue weighted by molar-refractivity contribution is -0.384. The van der Waals surface area contributed by atoms with Crippen LogP contribution >= 0.6 is 0 Å². The number of nitrogens with zero attached hydrogens (tertiary/aromatic N) is 3. The Bertz CT molecular complexity index is 1260. The summed E-state index contributed by atoms with van der Waals surface area (Å²) in [7, 11) is 0. The number of hydrogen-bond acceptors (Lipinski definition) is 8. The number of rotatable bonds is 6. The van der Waals surface area contributed by atoms with Gasteiger partial charge in [-0.3, -0.25) is 24.6 Å². The van der Waals surface area contributed by atoms with Crippen LogP contribution in [0.3, 0.4) is 0 Å². The number of Topliss-reactive ketones (excluding diaryl/α,β-unsaturated/α-hetero) is 1. The van der Waals surface area contributed by atoms with Crippen LogP contribution in [0.25, 0.3) is 5.76 Å². The standard InChI is InChI=1S/C23H19N3O7/c1-3-32-17-10-6-15(7-11-17)21(27)19-20(14-4-8-16(9-5-14)26(30)31)25(23(29)22(19)28)18-12-13(2)33-24-18/h4-12,20,27H,3H2,1-2H3/t20-/m1/s1. The Hall–Kier alpha value is -4.47. The lowest BCUT2D eigenvalue weighted by Gasteiger charge is -2.22. The fourth-order valence-electron chi connectivity index (χ4n) is 3.66. The molecule has 0 bridgehead atoms. The second-order valence-electron chi connectivity index (χ2n) is 7.27. The number of non-ortho nitro benzene ring substituents is 1. The summed E-state index contributed by atoms with van der Waals surface area (Å²) in [5, 5.41) is 26.0. The first-order chi connectivity index (χ1) is 15.8. The summed E-state index contributed by atoms with van der Waals surface area (Å²) in [4.78, 5) is 37.6. The highest BCUT2D eigenvalue weighted by atomic mass is 16.6. The molecule has 1 fully saturated rings. The Balaban J connectivity index is 1.87. The Morgan fingerprint density at radius 1 is 1.18 bits per heavy atom. The molecule has 168 valence electrons. The average Bonchev–Trinajstić information content (AvgIpc) is 3.34. The molecule has 0 radical (unpaired) electrons. The van der Waals surface area contributed by atoms with Crippen molar-refractivity contribution in [3.63, 3.8) is 0 Å². The van der Waals surface area contributed by atoms with Crippen LogP contribution in [0.4, 0.5) is 11.5 Å². The maximum Gasteiger partial charge on any atom is 0.301 e. The number of aliphatic hydroxyl groups excluding tert-OH is 1. The number of nitro groups is 1. The highest BCUT2D eigenvalue weighted by Gasteiger charge is 2.48. The third kappa shape index (κ3) is 3.93. The minimum absolute atomic E-state index is 0.0868. The van der Waals surface area contributed by atoms with E-state index in [-0.39, 0.29) is 22.8 Å². The van der Waals surface area contributed by atoms with Crippen LogP contribution in [0.15, 0.2) is 64.7 Å². The largest absolute Gasteiger partial charge is 0.507 e. The number of anilines is 1. The maximum absolute atomic E-state index is 13.0. The summed E-state index contributed by atoms with van der Waals surface area (Å²) in [6, 6.07) is 12.2. The van der Waals surface area contributed by atoms with E-state index in [4.69, 9.17) is 9.26 Å². The Kier molecular flexibility index (Phi) is 5.65. The molecule has 1 saturated heterocycles. The van der Waals surface area contributed by atoms with Gasteiger partial charge in [0.15, 0.2) is 5.82 Å². The average molecular weight is 449 g/mol. The van der Waals surface area contributed by atoms with Gasteiger partial charge < -0.3 is 14.4 Å². The van der Waals surface area contributed by atoms with Gasteiger partial charge in [-0.2, -0.15) is 0 Å². The molecule has 3 aromatic rings. The monoisotopic (exact) mass is 449 g/mol. The second kappa shape index (κ2) is 8.58. The Morgan fingerprint density at radius 2 is 1.85 bits per heavy atom. The number of aryl methyl sites for hydroxylation is 1. The van der Waals surface area contributed by atoms with Gasteiger partial charge in [0.05, 0.1) is 23.1 Å². The molecule has 0 saturated carbocycles. The van der Waals surface area contributed by atoms with Crippen LogP contribution in [0, 0.1) is 17.0 Å². The van der Waals surface area contributed by atoms with Crippen LogP contribution in [0.5, 0.6) is 5.75 Å². The molecule has 4 rings (SSSR count). The predicted octanol–water partition coefficient (Wildman–Crippen LogP) is 3.92. The van der Waals surface area contributed by atoms with Gasteiger partial charge in [0.2, 0.25) is 0 Å². The smallest absolute Gasteiger partial charge is 0.301 e. The number of ether oxygens (including phenoxy) is 1. The van der Waals surface area contributed by atoms with Crippen LogP contribution < -0.4 is 9.64 Å². The lowest BCUT2D eigenvalue weighted by Crippen LogP contribution is -2.29. The van der Waals surface area contributed by atoms with E-state index < -0.39 is 22.7 Å². The molecule has 10 nitrogen and oxygen atoms in total. The molecule has 1 amide bonds. The summed E-state index contributed by atoms with van der Waals surface area (Å²) >= 11 is 0. The van der Waals surface area contributed by atoms with Crippen LogP contribution in [0.1, 0.15) is 29.9 Å². The van der Waals surface area contributed by atoms with Crippen molar-refractivity contribution in [1.29, 1.82) is 0 Å². The Labute approximate surface area is 187 Å². The molecule has 33 heavy (non-hydrogen) atoms. The van der Waals surface area contributed by atoms with Crippen LogP contribution in [-0.4, -0.2) is 33.5 Å². The first-order valence-corrected chi connectivity index (χ1v) is 10.0. The van der Waals surface area contributed by atoms with Gasteiger partial charge in [0.25, 0.3) is 11.5 Å². The molecule has 0 unspecified atom stereocenters. The number of aliphatic hydroxyl groups is 1. The topological polar surface area (TPSA) is 136 Å². The van der Waals surface area contributed by atoms with Crippen molar-refractivity contribution in [2.45, 2.75) is 19.9 Å². The minimum Gasteiger partial charge on any atom is -0.507 e. The summed E-state index contributed by atoms with van der Waals surface area (Å²) in [6.07, 6.45) is 0. The quantitative estimate of drug-likeness (QED) is 0.197. The number of aromatic nitrogens is 1. The number of nitro benzene ring substituents is 1. The molecule has 2 aromatic carbocycles. The fourth-order valence-corrected chi connectivity index (χ4v) is 3.66. The van der Waals surface area contributed by atoms with E-state index in [2.05, 4.69) is 5.16 Å². The van der Waals surface area contributed by atoms with Crippen molar-refractivity contribution in [3.8, 4) is 5.75 Å². The lowest BCUT2D eigenvalue weighted by atomic mass is 9.95. The number of hydrogen-bond donors (Lipinski definition) is 1. The van der Waals surface area contributed by atoms with Crippen molar-refractivity contribution in [3.05, 3.63) is 87.2 Å². The van der Waals surface area contributed by atoms with E-state index in [1.807, 2.05) is 6.92 Å². The number of carbonyl (C=O) groups excluding carboxylic acids is 2. The number of carbonyl (C=O) groups is 2. The van der Waals surface area contributed by atoms with Crippen molar-refractivity contribution in [1.82, 2.24) is 5.16 Å². The second-order valence-corrected chi connectivity index (χ2v) is 7.27. The number of ketones is 1. The summed E-state index contributed by atoms with van der Waals surface area (Å²) in [6.45, 7) is 3.94. The maximum atomic E-state index is 13.0. The zero-order valence-corrected chi connectivity index (χ0v) is 17.7. The minimum atomic E-state index is -1.07. The van der Waals surface area contributed by atoms with E-state index in [0.29, 0.717) is 29.2 Å². The fraction of sp³-hybridized carbons (Fsp3) is 0.174. The van der Waals surface area contributed by atoms with E-state index in [1.54, 1.807) is 31.2 Å². The van der Waals surface area contributed by atoms with Gasteiger partial charge in [-0.05, 0) is 55.8 Å². The third-order valence-electron chi connectivity index (χ3n) is 5.17. The van der Waals surface area contributed by atoms with Gasteiger partial charge >= 0.3 is 5.91 Å². The van der Waals surface area contributed by atoms with Gasteiger partial charge in [0, 0.05) is 23.8 Å². The molecule has 0 spiro atoms.